The Morgan fingerprint density at radius 1 is 1.22 bits per heavy atom. The van der Waals surface area contributed by atoms with Gasteiger partial charge in [0, 0.05) is 19.0 Å². The molecule has 0 heterocycles. The minimum atomic E-state index is 0.218. The quantitative estimate of drug-likeness (QED) is 0.807. The van der Waals surface area contributed by atoms with E-state index in [2.05, 4.69) is 12.2 Å². The maximum atomic E-state index is 11.9. The second-order valence-electron chi connectivity index (χ2n) is 6.50. The first-order chi connectivity index (χ1) is 8.65. The smallest absolute Gasteiger partial charge is 0.220 e. The number of hydrogen-bond donors (Lipinski definition) is 2. The summed E-state index contributed by atoms with van der Waals surface area (Å²) in [6, 6.07) is 0.255. The van der Waals surface area contributed by atoms with Crippen molar-refractivity contribution >= 4 is 5.91 Å². The van der Waals surface area contributed by atoms with Crippen LogP contribution in [0.3, 0.4) is 0 Å². The molecule has 2 aliphatic carbocycles. The minimum absolute atomic E-state index is 0.218. The zero-order chi connectivity index (χ0) is 13.0. The van der Waals surface area contributed by atoms with E-state index >= 15 is 0 Å². The molecule has 2 aliphatic rings. The van der Waals surface area contributed by atoms with Crippen molar-refractivity contribution in [3.8, 4) is 0 Å². The second kappa shape index (κ2) is 6.55. The van der Waals surface area contributed by atoms with Gasteiger partial charge in [0.05, 0.1) is 0 Å². The maximum absolute atomic E-state index is 11.9. The predicted octanol–water partition coefficient (Wildman–Crippen LogP) is 2.45. The fourth-order valence-corrected chi connectivity index (χ4v) is 3.63. The second-order valence-corrected chi connectivity index (χ2v) is 6.50. The summed E-state index contributed by atoms with van der Waals surface area (Å²) in [5, 5.41) is 3.13. The molecule has 0 aromatic heterocycles. The van der Waals surface area contributed by atoms with Crippen LogP contribution < -0.4 is 11.1 Å². The first-order valence-electron chi connectivity index (χ1n) is 7.67. The van der Waals surface area contributed by atoms with Crippen molar-refractivity contribution in [3.63, 3.8) is 0 Å². The molecule has 104 valence electrons. The SMILES string of the molecule is CC1CCCC(CNC(=O)C[C@@H]2CCC[C@H]2N)C1. The van der Waals surface area contributed by atoms with E-state index in [-0.39, 0.29) is 11.9 Å². The molecule has 2 saturated carbocycles. The largest absolute Gasteiger partial charge is 0.356 e. The molecule has 4 atom stereocenters. The highest BCUT2D eigenvalue weighted by molar-refractivity contribution is 5.76. The van der Waals surface area contributed by atoms with E-state index in [1.54, 1.807) is 0 Å². The summed E-state index contributed by atoms with van der Waals surface area (Å²) in [4.78, 5) is 11.9. The lowest BCUT2D eigenvalue weighted by molar-refractivity contribution is -0.122. The van der Waals surface area contributed by atoms with Crippen molar-refractivity contribution in [2.24, 2.45) is 23.5 Å². The molecule has 0 radical (unpaired) electrons. The van der Waals surface area contributed by atoms with Crippen molar-refractivity contribution in [1.82, 2.24) is 5.32 Å². The van der Waals surface area contributed by atoms with Gasteiger partial charge in [-0.2, -0.15) is 0 Å². The normalized spacial score (nSPS) is 36.6. The van der Waals surface area contributed by atoms with Gasteiger partial charge in [0.25, 0.3) is 0 Å². The summed E-state index contributed by atoms with van der Waals surface area (Å²) in [5.41, 5.74) is 6.00. The molecular weight excluding hydrogens is 224 g/mol. The van der Waals surface area contributed by atoms with Gasteiger partial charge in [0.1, 0.15) is 0 Å². The molecule has 0 aromatic carbocycles. The average molecular weight is 252 g/mol. The van der Waals surface area contributed by atoms with Crippen LogP contribution in [0.15, 0.2) is 0 Å². The molecule has 2 unspecified atom stereocenters. The molecule has 3 heteroatoms. The van der Waals surface area contributed by atoms with Gasteiger partial charge in [-0.3, -0.25) is 4.79 Å². The first kappa shape index (κ1) is 13.9. The number of nitrogens with one attached hydrogen (secondary N) is 1. The number of hydrogen-bond acceptors (Lipinski definition) is 2. The van der Waals surface area contributed by atoms with Gasteiger partial charge in [0.15, 0.2) is 0 Å². The van der Waals surface area contributed by atoms with Crippen LogP contribution in [0.4, 0.5) is 0 Å². The third-order valence-corrected chi connectivity index (χ3v) is 4.80. The van der Waals surface area contributed by atoms with Crippen molar-refractivity contribution in [1.29, 1.82) is 0 Å². The molecule has 3 N–H and O–H groups in total. The molecule has 0 spiro atoms. The molecule has 0 aromatic rings. The van der Waals surface area contributed by atoms with Crippen LogP contribution in [0, 0.1) is 17.8 Å². The first-order valence-corrected chi connectivity index (χ1v) is 7.67. The Labute approximate surface area is 111 Å². The Bertz CT molecular complexity index is 280. The monoisotopic (exact) mass is 252 g/mol. The van der Waals surface area contributed by atoms with Crippen molar-refractivity contribution < 1.29 is 4.79 Å². The van der Waals surface area contributed by atoms with Gasteiger partial charge in [-0.25, -0.2) is 0 Å². The van der Waals surface area contributed by atoms with Crippen LogP contribution in [0.5, 0.6) is 0 Å². The van der Waals surface area contributed by atoms with E-state index in [1.165, 1.54) is 32.1 Å². The third-order valence-electron chi connectivity index (χ3n) is 4.80. The van der Waals surface area contributed by atoms with Gasteiger partial charge in [0.2, 0.25) is 5.91 Å². The summed E-state index contributed by atoms with van der Waals surface area (Å²) >= 11 is 0. The van der Waals surface area contributed by atoms with Crippen LogP contribution in [-0.4, -0.2) is 18.5 Å². The Morgan fingerprint density at radius 3 is 2.67 bits per heavy atom. The molecule has 3 nitrogen and oxygen atoms in total. The zero-order valence-corrected chi connectivity index (χ0v) is 11.7. The predicted molar refractivity (Wildman–Crippen MR) is 74.1 cm³/mol. The summed E-state index contributed by atoms with van der Waals surface area (Å²) in [6.07, 6.45) is 9.32. The fraction of sp³-hybridized carbons (Fsp3) is 0.933. The zero-order valence-electron chi connectivity index (χ0n) is 11.7. The Morgan fingerprint density at radius 2 is 2.00 bits per heavy atom. The highest BCUT2D eigenvalue weighted by atomic mass is 16.1. The molecular formula is C15H28N2O. The highest BCUT2D eigenvalue weighted by Crippen LogP contribution is 2.29. The molecule has 2 fully saturated rings. The number of amides is 1. The Hall–Kier alpha value is -0.570. The van der Waals surface area contributed by atoms with Gasteiger partial charge < -0.3 is 11.1 Å². The molecule has 0 bridgehead atoms. The van der Waals surface area contributed by atoms with E-state index in [0.29, 0.717) is 18.3 Å². The van der Waals surface area contributed by atoms with E-state index in [9.17, 15) is 4.79 Å². The highest BCUT2D eigenvalue weighted by Gasteiger charge is 2.26. The lowest BCUT2D eigenvalue weighted by atomic mass is 9.82. The van der Waals surface area contributed by atoms with E-state index in [0.717, 1.165) is 25.3 Å². The number of nitrogens with two attached hydrogens (primary N) is 1. The van der Waals surface area contributed by atoms with Gasteiger partial charge in [-0.1, -0.05) is 26.2 Å². The van der Waals surface area contributed by atoms with Gasteiger partial charge >= 0.3 is 0 Å². The van der Waals surface area contributed by atoms with Crippen LogP contribution >= 0.6 is 0 Å². The lowest BCUT2D eigenvalue weighted by Crippen LogP contribution is -2.35. The van der Waals surface area contributed by atoms with Crippen molar-refractivity contribution in [3.05, 3.63) is 0 Å². The van der Waals surface area contributed by atoms with E-state index < -0.39 is 0 Å². The van der Waals surface area contributed by atoms with Crippen molar-refractivity contribution in [2.75, 3.05) is 6.54 Å². The van der Waals surface area contributed by atoms with Crippen molar-refractivity contribution in [2.45, 2.75) is 64.3 Å². The fourth-order valence-electron chi connectivity index (χ4n) is 3.63. The summed E-state index contributed by atoms with van der Waals surface area (Å²) in [7, 11) is 0. The van der Waals surface area contributed by atoms with E-state index in [4.69, 9.17) is 5.73 Å². The maximum Gasteiger partial charge on any atom is 0.220 e. The van der Waals surface area contributed by atoms with Crippen LogP contribution in [0.25, 0.3) is 0 Å². The Balaban J connectivity index is 1.65. The van der Waals surface area contributed by atoms with Crippen LogP contribution in [-0.2, 0) is 4.79 Å². The minimum Gasteiger partial charge on any atom is -0.356 e. The van der Waals surface area contributed by atoms with Crippen LogP contribution in [0.2, 0.25) is 0 Å². The summed E-state index contributed by atoms with van der Waals surface area (Å²) < 4.78 is 0. The van der Waals surface area contributed by atoms with Gasteiger partial charge in [-0.15, -0.1) is 0 Å². The molecule has 2 rings (SSSR count). The molecule has 1 amide bonds. The molecule has 18 heavy (non-hydrogen) atoms. The lowest BCUT2D eigenvalue weighted by Gasteiger charge is -2.27. The molecule has 0 aliphatic heterocycles. The topological polar surface area (TPSA) is 55.1 Å². The number of carbonyl (C=O) groups excluding carboxylic acids is 1. The summed E-state index contributed by atoms with van der Waals surface area (Å²) in [5.74, 6) is 2.18. The average Bonchev–Trinajstić information content (AvgIpc) is 2.73. The van der Waals surface area contributed by atoms with Crippen LogP contribution in [0.1, 0.15) is 58.3 Å². The van der Waals surface area contributed by atoms with Gasteiger partial charge in [-0.05, 0) is 43.4 Å². The third kappa shape index (κ3) is 3.98. The van der Waals surface area contributed by atoms with E-state index in [1.807, 2.05) is 0 Å². The number of carbonyl (C=O) groups is 1. The Kier molecular flexibility index (Phi) is 5.04. The summed E-state index contributed by atoms with van der Waals surface area (Å²) in [6.45, 7) is 3.21. The standard InChI is InChI=1S/C15H28N2O/c1-11-4-2-5-12(8-11)10-17-15(18)9-13-6-3-7-14(13)16/h11-14H,2-10,16H2,1H3,(H,17,18)/t11?,12?,13-,14+/m0/s1. The number of rotatable bonds is 4. The molecule has 0 saturated heterocycles.